The third-order valence-electron chi connectivity index (χ3n) is 4.29. The normalized spacial score (nSPS) is 18.2. The van der Waals surface area contributed by atoms with Crippen LogP contribution < -0.4 is 20.7 Å². The number of hydrazine groups is 1. The minimum Gasteiger partial charge on any atom is -0.496 e. The summed E-state index contributed by atoms with van der Waals surface area (Å²) in [7, 11) is 5.08. The Kier molecular flexibility index (Phi) is 4.86. The molecule has 1 aromatic carbocycles. The first-order valence-electron chi connectivity index (χ1n) is 6.92. The molecule has 1 unspecified atom stereocenters. The Morgan fingerprint density at radius 2 is 1.80 bits per heavy atom. The second-order valence-corrected chi connectivity index (χ2v) is 5.24. The molecule has 0 aromatic heterocycles. The van der Waals surface area contributed by atoms with Crippen LogP contribution in [0.1, 0.15) is 37.3 Å². The number of methoxy groups -OCH3 is 3. The van der Waals surface area contributed by atoms with Gasteiger partial charge in [0.1, 0.15) is 11.5 Å². The fourth-order valence-electron chi connectivity index (χ4n) is 2.90. The molecule has 0 saturated heterocycles. The Labute approximate surface area is 120 Å². The minimum absolute atomic E-state index is 0.0682. The van der Waals surface area contributed by atoms with Crippen molar-refractivity contribution in [3.8, 4) is 11.5 Å². The Bertz CT molecular complexity index is 419. The topological polar surface area (TPSA) is 65.7 Å². The average Bonchev–Trinajstić information content (AvgIpc) is 2.46. The van der Waals surface area contributed by atoms with E-state index in [1.165, 1.54) is 6.42 Å². The molecule has 112 valence electrons. The molecule has 1 aromatic rings. The number of rotatable bonds is 7. The van der Waals surface area contributed by atoms with Crippen molar-refractivity contribution in [1.82, 2.24) is 5.43 Å². The lowest BCUT2D eigenvalue weighted by Gasteiger charge is -2.43. The molecule has 0 heterocycles. The molecule has 1 fully saturated rings. The van der Waals surface area contributed by atoms with Gasteiger partial charge in [0, 0.05) is 7.11 Å². The quantitative estimate of drug-likeness (QED) is 0.592. The van der Waals surface area contributed by atoms with E-state index in [9.17, 15) is 0 Å². The van der Waals surface area contributed by atoms with Gasteiger partial charge in [-0.1, -0.05) is 6.07 Å². The number of nitrogens with two attached hydrogens (primary N) is 1. The van der Waals surface area contributed by atoms with Crippen LogP contribution >= 0.6 is 0 Å². The van der Waals surface area contributed by atoms with E-state index in [1.807, 2.05) is 18.2 Å². The molecule has 20 heavy (non-hydrogen) atoms. The van der Waals surface area contributed by atoms with Crippen molar-refractivity contribution in [3.05, 3.63) is 23.8 Å². The molecule has 3 N–H and O–H groups in total. The van der Waals surface area contributed by atoms with E-state index in [0.717, 1.165) is 36.3 Å². The maximum atomic E-state index is 5.78. The monoisotopic (exact) mass is 280 g/mol. The summed E-state index contributed by atoms with van der Waals surface area (Å²) >= 11 is 0. The molecule has 5 heteroatoms. The molecule has 1 saturated carbocycles. The van der Waals surface area contributed by atoms with Gasteiger partial charge in [0.2, 0.25) is 0 Å². The van der Waals surface area contributed by atoms with Crippen LogP contribution in [0.2, 0.25) is 0 Å². The van der Waals surface area contributed by atoms with Crippen LogP contribution in [-0.4, -0.2) is 26.9 Å². The van der Waals surface area contributed by atoms with Gasteiger partial charge >= 0.3 is 0 Å². The summed E-state index contributed by atoms with van der Waals surface area (Å²) < 4.78 is 16.6. The lowest BCUT2D eigenvalue weighted by Crippen LogP contribution is -2.44. The summed E-state index contributed by atoms with van der Waals surface area (Å²) in [5.41, 5.74) is 3.75. The van der Waals surface area contributed by atoms with E-state index in [0.29, 0.717) is 0 Å². The predicted octanol–water partition coefficient (Wildman–Crippen LogP) is 2.17. The summed E-state index contributed by atoms with van der Waals surface area (Å²) in [6.07, 6.45) is 4.14. The molecule has 0 amide bonds. The third-order valence-corrected chi connectivity index (χ3v) is 4.29. The minimum atomic E-state index is -0.0805. The van der Waals surface area contributed by atoms with E-state index in [4.69, 9.17) is 20.1 Å². The van der Waals surface area contributed by atoms with E-state index < -0.39 is 0 Å². The Hall–Kier alpha value is -1.30. The lowest BCUT2D eigenvalue weighted by molar-refractivity contribution is -0.0840. The van der Waals surface area contributed by atoms with Gasteiger partial charge in [-0.2, -0.15) is 0 Å². The highest BCUT2D eigenvalue weighted by Crippen LogP contribution is 2.44. The Balaban J connectivity index is 2.31. The molecule has 1 aliphatic carbocycles. The number of hydrogen-bond acceptors (Lipinski definition) is 5. The van der Waals surface area contributed by atoms with Gasteiger partial charge in [-0.15, -0.1) is 0 Å². The zero-order valence-electron chi connectivity index (χ0n) is 12.4. The Morgan fingerprint density at radius 1 is 1.20 bits per heavy atom. The largest absolute Gasteiger partial charge is 0.496 e. The summed E-state index contributed by atoms with van der Waals surface area (Å²) in [6.45, 7) is 0. The molecule has 1 aliphatic rings. The van der Waals surface area contributed by atoms with Crippen LogP contribution in [-0.2, 0) is 4.74 Å². The van der Waals surface area contributed by atoms with Crippen molar-refractivity contribution in [2.45, 2.75) is 37.3 Å². The van der Waals surface area contributed by atoms with Crippen molar-refractivity contribution in [1.29, 1.82) is 0 Å². The molecule has 1 atom stereocenters. The zero-order valence-corrected chi connectivity index (χ0v) is 12.4. The van der Waals surface area contributed by atoms with Crippen LogP contribution in [0.4, 0.5) is 0 Å². The van der Waals surface area contributed by atoms with Crippen molar-refractivity contribution in [2.24, 2.45) is 5.84 Å². The summed E-state index contributed by atoms with van der Waals surface area (Å²) in [5, 5.41) is 0. The number of nitrogens with one attached hydrogen (secondary N) is 1. The van der Waals surface area contributed by atoms with Crippen molar-refractivity contribution < 1.29 is 14.2 Å². The molecular weight excluding hydrogens is 256 g/mol. The molecular formula is C15H24N2O3. The van der Waals surface area contributed by atoms with Crippen molar-refractivity contribution in [3.63, 3.8) is 0 Å². The number of ether oxygens (including phenoxy) is 3. The number of hydrogen-bond donors (Lipinski definition) is 2. The van der Waals surface area contributed by atoms with Crippen molar-refractivity contribution in [2.75, 3.05) is 21.3 Å². The maximum absolute atomic E-state index is 5.78. The fourth-order valence-corrected chi connectivity index (χ4v) is 2.90. The van der Waals surface area contributed by atoms with E-state index in [1.54, 1.807) is 21.3 Å². The summed E-state index contributed by atoms with van der Waals surface area (Å²) in [6, 6.07) is 5.68. The highest BCUT2D eigenvalue weighted by atomic mass is 16.5. The standard InChI is InChI=1S/C15H24N2O3/c1-18-12-6-4-7-13(19-2)14(12)11(17-16)10-15(20-3)8-5-9-15/h4,6-7,11,17H,5,8-10,16H2,1-3H3. The van der Waals surface area contributed by atoms with Gasteiger partial charge in [0.15, 0.2) is 0 Å². The summed E-state index contributed by atoms with van der Waals surface area (Å²) in [4.78, 5) is 0. The van der Waals surface area contributed by atoms with Crippen LogP contribution in [0, 0.1) is 0 Å². The lowest BCUT2D eigenvalue weighted by atomic mass is 9.74. The fraction of sp³-hybridized carbons (Fsp3) is 0.600. The predicted molar refractivity (Wildman–Crippen MR) is 77.8 cm³/mol. The highest BCUT2D eigenvalue weighted by Gasteiger charge is 2.40. The van der Waals surface area contributed by atoms with E-state index in [2.05, 4.69) is 5.43 Å². The second-order valence-electron chi connectivity index (χ2n) is 5.24. The van der Waals surface area contributed by atoms with Crippen molar-refractivity contribution >= 4 is 0 Å². The van der Waals surface area contributed by atoms with Gasteiger partial charge in [-0.3, -0.25) is 11.3 Å². The van der Waals surface area contributed by atoms with Crippen LogP contribution in [0.3, 0.4) is 0 Å². The van der Waals surface area contributed by atoms with E-state index >= 15 is 0 Å². The first-order valence-corrected chi connectivity index (χ1v) is 6.92. The SMILES string of the molecule is COc1cccc(OC)c1C(CC1(OC)CCC1)NN. The van der Waals surface area contributed by atoms with Crippen LogP contribution in [0.15, 0.2) is 18.2 Å². The molecule has 2 rings (SSSR count). The van der Waals surface area contributed by atoms with Gasteiger partial charge in [-0.25, -0.2) is 0 Å². The third kappa shape index (κ3) is 2.75. The first kappa shape index (κ1) is 15.1. The van der Waals surface area contributed by atoms with Crippen LogP contribution in [0.5, 0.6) is 11.5 Å². The Morgan fingerprint density at radius 3 is 2.15 bits per heavy atom. The smallest absolute Gasteiger partial charge is 0.127 e. The van der Waals surface area contributed by atoms with E-state index in [-0.39, 0.29) is 11.6 Å². The van der Waals surface area contributed by atoms with Gasteiger partial charge in [-0.05, 0) is 37.8 Å². The first-order chi connectivity index (χ1) is 9.69. The van der Waals surface area contributed by atoms with Crippen LogP contribution in [0.25, 0.3) is 0 Å². The average molecular weight is 280 g/mol. The summed E-state index contributed by atoms with van der Waals surface area (Å²) in [5.74, 6) is 7.33. The van der Waals surface area contributed by atoms with Gasteiger partial charge in [0.25, 0.3) is 0 Å². The van der Waals surface area contributed by atoms with Gasteiger partial charge < -0.3 is 14.2 Å². The van der Waals surface area contributed by atoms with Gasteiger partial charge in [0.05, 0.1) is 31.4 Å². The zero-order chi connectivity index (χ0) is 14.6. The molecule has 0 aliphatic heterocycles. The second kappa shape index (κ2) is 6.43. The molecule has 0 radical (unpaired) electrons. The molecule has 0 bridgehead atoms. The molecule has 5 nitrogen and oxygen atoms in total. The molecule has 0 spiro atoms. The number of benzene rings is 1. The highest BCUT2D eigenvalue weighted by molar-refractivity contribution is 5.47. The maximum Gasteiger partial charge on any atom is 0.127 e.